The molecule has 0 aromatic heterocycles. The number of hydrogen-bond acceptors (Lipinski definition) is 6. The minimum Gasteiger partial charge on any atom is -0.445 e. The van der Waals surface area contributed by atoms with Crippen LogP contribution in [0.25, 0.3) is 0 Å². The number of nitro benzene ring substituents is 1. The monoisotopic (exact) mass is 445 g/mol. The summed E-state index contributed by atoms with van der Waals surface area (Å²) in [6.07, 6.45) is 2.44. The Labute approximate surface area is 187 Å². The minimum atomic E-state index is -0.473. The average Bonchev–Trinajstić information content (AvgIpc) is 3.11. The van der Waals surface area contributed by atoms with E-state index >= 15 is 0 Å². The van der Waals surface area contributed by atoms with Crippen molar-refractivity contribution in [1.82, 2.24) is 9.80 Å². The van der Waals surface area contributed by atoms with Gasteiger partial charge in [0.25, 0.3) is 5.69 Å². The van der Waals surface area contributed by atoms with Crippen LogP contribution in [0, 0.1) is 26.9 Å². The van der Waals surface area contributed by atoms with Gasteiger partial charge in [0.05, 0.1) is 4.92 Å². The van der Waals surface area contributed by atoms with Gasteiger partial charge in [-0.05, 0) is 48.3 Å². The molecule has 3 unspecified atom stereocenters. The lowest BCUT2D eigenvalue weighted by Gasteiger charge is -2.40. The number of carbonyl (C=O) groups excluding carboxylic acids is 2. The van der Waals surface area contributed by atoms with Crippen LogP contribution in [0.4, 0.5) is 15.3 Å². The summed E-state index contributed by atoms with van der Waals surface area (Å²) in [7, 11) is 0. The highest BCUT2D eigenvalue weighted by Gasteiger charge is 2.63. The van der Waals surface area contributed by atoms with Crippen LogP contribution in [0.15, 0.2) is 24.3 Å². The van der Waals surface area contributed by atoms with Crippen LogP contribution < -0.4 is 0 Å². The van der Waals surface area contributed by atoms with Gasteiger partial charge in [0.1, 0.15) is 12.7 Å². The first-order chi connectivity index (χ1) is 15.1. The van der Waals surface area contributed by atoms with E-state index < -0.39 is 11.0 Å². The molecule has 1 saturated heterocycles. The number of non-ortho nitro benzene ring substituents is 1. The van der Waals surface area contributed by atoms with Crippen LogP contribution >= 0.6 is 0 Å². The lowest BCUT2D eigenvalue weighted by atomic mass is 9.70. The number of benzene rings is 1. The summed E-state index contributed by atoms with van der Waals surface area (Å²) in [4.78, 5) is 38.6. The van der Waals surface area contributed by atoms with Gasteiger partial charge in [-0.2, -0.15) is 0 Å². The molecule has 32 heavy (non-hydrogen) atoms. The zero-order valence-electron chi connectivity index (χ0n) is 18.9. The van der Waals surface area contributed by atoms with Crippen molar-refractivity contribution in [2.45, 2.75) is 52.7 Å². The van der Waals surface area contributed by atoms with Gasteiger partial charge < -0.3 is 19.3 Å². The molecular formula is C23H31N3O6. The summed E-state index contributed by atoms with van der Waals surface area (Å²) in [5.74, 6) is 0.604. The van der Waals surface area contributed by atoms with Crippen LogP contribution in [0.2, 0.25) is 0 Å². The highest BCUT2D eigenvalue weighted by atomic mass is 16.6. The van der Waals surface area contributed by atoms with Gasteiger partial charge in [0.2, 0.25) is 0 Å². The predicted molar refractivity (Wildman–Crippen MR) is 116 cm³/mol. The predicted octanol–water partition coefficient (Wildman–Crippen LogP) is 4.20. The van der Waals surface area contributed by atoms with Crippen molar-refractivity contribution >= 4 is 17.9 Å². The Morgan fingerprint density at radius 1 is 1.06 bits per heavy atom. The number of ether oxygens (including phenoxy) is 2. The summed E-state index contributed by atoms with van der Waals surface area (Å²) in [5, 5.41) is 10.7. The van der Waals surface area contributed by atoms with Gasteiger partial charge >= 0.3 is 12.2 Å². The van der Waals surface area contributed by atoms with E-state index in [4.69, 9.17) is 9.47 Å². The number of piperazine rings is 1. The second kappa shape index (κ2) is 8.26. The summed E-state index contributed by atoms with van der Waals surface area (Å²) in [6.45, 7) is 8.43. The zero-order chi connectivity index (χ0) is 23.1. The third-order valence-corrected chi connectivity index (χ3v) is 8.26. The molecule has 4 rings (SSSR count). The van der Waals surface area contributed by atoms with E-state index in [1.54, 1.807) is 21.9 Å². The molecule has 2 aliphatic carbocycles. The number of hydrogen-bond donors (Lipinski definition) is 0. The third-order valence-electron chi connectivity index (χ3n) is 8.26. The molecule has 3 atom stereocenters. The molecule has 9 heteroatoms. The maximum absolute atomic E-state index is 12.8. The number of carbonyl (C=O) groups is 2. The van der Waals surface area contributed by atoms with Crippen molar-refractivity contribution in [3.8, 4) is 0 Å². The van der Waals surface area contributed by atoms with Crippen LogP contribution in [0.5, 0.6) is 0 Å². The van der Waals surface area contributed by atoms with Crippen molar-refractivity contribution in [2.75, 3.05) is 26.2 Å². The van der Waals surface area contributed by atoms with Crippen molar-refractivity contribution in [3.63, 3.8) is 0 Å². The Hall–Kier alpha value is -2.84. The second-order valence-corrected chi connectivity index (χ2v) is 9.94. The van der Waals surface area contributed by atoms with E-state index in [0.717, 1.165) is 12.8 Å². The molecule has 0 radical (unpaired) electrons. The fraction of sp³-hybridized carbons (Fsp3) is 0.652. The first-order valence-corrected chi connectivity index (χ1v) is 11.2. The quantitative estimate of drug-likeness (QED) is 0.508. The lowest BCUT2D eigenvalue weighted by molar-refractivity contribution is -0.384. The normalized spacial score (nSPS) is 28.5. The minimum absolute atomic E-state index is 0.00826. The van der Waals surface area contributed by atoms with Crippen LogP contribution in [0.3, 0.4) is 0 Å². The number of fused-ring (bicyclic) bond motifs is 2. The fourth-order valence-corrected chi connectivity index (χ4v) is 5.53. The Bertz CT molecular complexity index is 893. The summed E-state index contributed by atoms with van der Waals surface area (Å²) < 4.78 is 11.3. The van der Waals surface area contributed by atoms with Crippen molar-refractivity contribution < 1.29 is 24.0 Å². The highest BCUT2D eigenvalue weighted by molar-refractivity contribution is 5.70. The van der Waals surface area contributed by atoms with Crippen LogP contribution in [0.1, 0.15) is 45.6 Å². The second-order valence-electron chi connectivity index (χ2n) is 9.94. The van der Waals surface area contributed by atoms with Gasteiger partial charge in [0, 0.05) is 43.7 Å². The van der Waals surface area contributed by atoms with Gasteiger partial charge in [-0.3, -0.25) is 10.1 Å². The number of nitrogens with zero attached hydrogens (tertiary/aromatic N) is 3. The number of nitro groups is 1. The summed E-state index contributed by atoms with van der Waals surface area (Å²) >= 11 is 0. The smallest absolute Gasteiger partial charge is 0.410 e. The van der Waals surface area contributed by atoms with E-state index in [1.165, 1.54) is 18.6 Å². The molecule has 174 valence electrons. The molecule has 0 N–H and O–H groups in total. The average molecular weight is 446 g/mol. The maximum Gasteiger partial charge on any atom is 0.410 e. The molecule has 1 heterocycles. The topological polar surface area (TPSA) is 102 Å². The van der Waals surface area contributed by atoms with Gasteiger partial charge in [0.15, 0.2) is 0 Å². The van der Waals surface area contributed by atoms with Crippen molar-refractivity contribution in [1.29, 1.82) is 0 Å². The fourth-order valence-electron chi connectivity index (χ4n) is 5.53. The van der Waals surface area contributed by atoms with E-state index in [2.05, 4.69) is 20.8 Å². The SMILES string of the molecule is CC1(C)C2CCC1(C)C(OC(=O)N1CCN(C(=O)OCc3ccc([N+](=O)[O-])cc3)CC1)C2. The molecule has 3 aliphatic rings. The van der Waals surface area contributed by atoms with E-state index in [0.29, 0.717) is 37.7 Å². The first kappa shape index (κ1) is 22.4. The zero-order valence-corrected chi connectivity index (χ0v) is 18.9. The Morgan fingerprint density at radius 3 is 2.16 bits per heavy atom. The molecule has 1 aromatic carbocycles. The molecule has 1 aromatic rings. The maximum atomic E-state index is 12.8. The largest absolute Gasteiger partial charge is 0.445 e. The molecular weight excluding hydrogens is 414 g/mol. The van der Waals surface area contributed by atoms with Gasteiger partial charge in [-0.25, -0.2) is 9.59 Å². The number of amides is 2. The lowest BCUT2D eigenvalue weighted by Crippen LogP contribution is -2.52. The third kappa shape index (κ3) is 3.89. The van der Waals surface area contributed by atoms with Crippen LogP contribution in [-0.4, -0.2) is 59.2 Å². The Morgan fingerprint density at radius 2 is 1.66 bits per heavy atom. The Kier molecular flexibility index (Phi) is 5.77. The van der Waals surface area contributed by atoms with E-state index in [1.807, 2.05) is 0 Å². The van der Waals surface area contributed by atoms with Gasteiger partial charge in [-0.1, -0.05) is 20.8 Å². The van der Waals surface area contributed by atoms with E-state index in [-0.39, 0.29) is 35.3 Å². The molecule has 9 nitrogen and oxygen atoms in total. The molecule has 1 aliphatic heterocycles. The van der Waals surface area contributed by atoms with Gasteiger partial charge in [-0.15, -0.1) is 0 Å². The molecule has 3 fully saturated rings. The molecule has 2 saturated carbocycles. The molecule has 2 bridgehead atoms. The summed E-state index contributed by atoms with van der Waals surface area (Å²) in [5.41, 5.74) is 0.875. The van der Waals surface area contributed by atoms with Crippen molar-refractivity contribution in [2.24, 2.45) is 16.7 Å². The molecule has 2 amide bonds. The van der Waals surface area contributed by atoms with Crippen molar-refractivity contribution in [3.05, 3.63) is 39.9 Å². The number of rotatable bonds is 4. The standard InChI is InChI=1S/C23H31N3O6/c1-22(2)17-8-9-23(22,3)19(14-17)32-21(28)25-12-10-24(11-13-25)20(27)31-15-16-4-6-18(7-5-16)26(29)30/h4-7,17,19H,8-15H2,1-3H3. The van der Waals surface area contributed by atoms with Crippen LogP contribution in [-0.2, 0) is 16.1 Å². The van der Waals surface area contributed by atoms with E-state index in [9.17, 15) is 19.7 Å². The highest BCUT2D eigenvalue weighted by Crippen LogP contribution is 2.66. The summed E-state index contributed by atoms with van der Waals surface area (Å²) in [6, 6.07) is 5.89. The molecule has 0 spiro atoms. The Balaban J connectivity index is 1.23. The first-order valence-electron chi connectivity index (χ1n) is 11.2.